The summed E-state index contributed by atoms with van der Waals surface area (Å²) in [7, 11) is 0. The molecular formula is C17H28N2. The Morgan fingerprint density at radius 3 is 2.47 bits per heavy atom. The van der Waals surface area contributed by atoms with Gasteiger partial charge in [0.15, 0.2) is 0 Å². The Morgan fingerprint density at radius 1 is 1.21 bits per heavy atom. The standard InChI is InChI=1S/C17H28N2/c1-2-15-10-12-19(13-11-15)17(14-18)9-8-16-6-4-3-5-7-16/h3-7,15,17H,2,8-14,18H2,1H3. The van der Waals surface area contributed by atoms with Crippen LogP contribution in [0.4, 0.5) is 0 Å². The summed E-state index contributed by atoms with van der Waals surface area (Å²) in [5.74, 6) is 0.948. The Morgan fingerprint density at radius 2 is 1.89 bits per heavy atom. The van der Waals surface area contributed by atoms with Gasteiger partial charge >= 0.3 is 0 Å². The van der Waals surface area contributed by atoms with Crippen molar-refractivity contribution >= 4 is 0 Å². The number of nitrogens with two attached hydrogens (primary N) is 1. The molecule has 1 aliphatic rings. The van der Waals surface area contributed by atoms with E-state index in [0.29, 0.717) is 6.04 Å². The molecule has 0 spiro atoms. The summed E-state index contributed by atoms with van der Waals surface area (Å²) in [6.07, 6.45) is 6.40. The summed E-state index contributed by atoms with van der Waals surface area (Å²) >= 11 is 0. The minimum absolute atomic E-state index is 0.568. The highest BCUT2D eigenvalue weighted by Crippen LogP contribution is 2.22. The summed E-state index contributed by atoms with van der Waals surface area (Å²) in [4.78, 5) is 2.62. The van der Waals surface area contributed by atoms with Gasteiger partial charge in [0, 0.05) is 12.6 Å². The molecule has 1 fully saturated rings. The topological polar surface area (TPSA) is 29.3 Å². The van der Waals surface area contributed by atoms with Crippen LogP contribution in [0.5, 0.6) is 0 Å². The molecule has 2 rings (SSSR count). The van der Waals surface area contributed by atoms with Gasteiger partial charge < -0.3 is 5.73 Å². The Kier molecular flexibility index (Phi) is 5.87. The van der Waals surface area contributed by atoms with Crippen LogP contribution >= 0.6 is 0 Å². The van der Waals surface area contributed by atoms with Gasteiger partial charge in [0.05, 0.1) is 0 Å². The molecule has 1 aromatic rings. The van der Waals surface area contributed by atoms with Gasteiger partial charge in [-0.3, -0.25) is 4.90 Å². The zero-order valence-corrected chi connectivity index (χ0v) is 12.2. The number of benzene rings is 1. The maximum absolute atomic E-state index is 5.99. The van der Waals surface area contributed by atoms with Gasteiger partial charge in [0.25, 0.3) is 0 Å². The first-order valence-electron chi connectivity index (χ1n) is 7.81. The molecule has 1 atom stereocenters. The van der Waals surface area contributed by atoms with Crippen molar-refractivity contribution in [2.24, 2.45) is 11.7 Å². The van der Waals surface area contributed by atoms with Crippen LogP contribution in [-0.4, -0.2) is 30.6 Å². The van der Waals surface area contributed by atoms with Crippen molar-refractivity contribution < 1.29 is 0 Å². The van der Waals surface area contributed by atoms with Gasteiger partial charge in [0.1, 0.15) is 0 Å². The van der Waals surface area contributed by atoms with Crippen LogP contribution in [0.3, 0.4) is 0 Å². The molecule has 0 amide bonds. The molecule has 19 heavy (non-hydrogen) atoms. The van der Waals surface area contributed by atoms with Crippen LogP contribution in [0.15, 0.2) is 30.3 Å². The Bertz CT molecular complexity index is 342. The minimum atomic E-state index is 0.568. The average molecular weight is 260 g/mol. The summed E-state index contributed by atoms with van der Waals surface area (Å²) in [5.41, 5.74) is 7.43. The second kappa shape index (κ2) is 7.66. The van der Waals surface area contributed by atoms with Crippen LogP contribution < -0.4 is 5.73 Å². The Hall–Kier alpha value is -0.860. The van der Waals surface area contributed by atoms with E-state index in [4.69, 9.17) is 5.73 Å². The second-order valence-corrected chi connectivity index (χ2v) is 5.80. The number of aryl methyl sites for hydroxylation is 1. The molecule has 0 saturated carbocycles. The molecular weight excluding hydrogens is 232 g/mol. The lowest BCUT2D eigenvalue weighted by atomic mass is 9.92. The zero-order chi connectivity index (χ0) is 13.5. The number of nitrogens with zero attached hydrogens (tertiary/aromatic N) is 1. The number of likely N-dealkylation sites (tertiary alicyclic amines) is 1. The molecule has 0 radical (unpaired) electrons. The molecule has 2 heteroatoms. The summed E-state index contributed by atoms with van der Waals surface area (Å²) in [6.45, 7) is 5.60. The third-order valence-electron chi connectivity index (χ3n) is 4.62. The summed E-state index contributed by atoms with van der Waals surface area (Å²) in [6, 6.07) is 11.3. The third kappa shape index (κ3) is 4.32. The van der Waals surface area contributed by atoms with Crippen molar-refractivity contribution in [1.82, 2.24) is 4.90 Å². The van der Waals surface area contributed by atoms with Crippen LogP contribution in [-0.2, 0) is 6.42 Å². The maximum Gasteiger partial charge on any atom is 0.0221 e. The van der Waals surface area contributed by atoms with Crippen molar-refractivity contribution in [2.45, 2.75) is 45.1 Å². The fourth-order valence-corrected chi connectivity index (χ4v) is 3.15. The monoisotopic (exact) mass is 260 g/mol. The second-order valence-electron chi connectivity index (χ2n) is 5.80. The molecule has 2 N–H and O–H groups in total. The van der Waals surface area contributed by atoms with Gasteiger partial charge in [-0.15, -0.1) is 0 Å². The van der Waals surface area contributed by atoms with E-state index in [1.165, 1.54) is 44.3 Å². The highest BCUT2D eigenvalue weighted by atomic mass is 15.2. The average Bonchev–Trinajstić information content (AvgIpc) is 2.49. The van der Waals surface area contributed by atoms with Crippen molar-refractivity contribution in [1.29, 1.82) is 0 Å². The predicted octanol–water partition coefficient (Wildman–Crippen LogP) is 3.07. The van der Waals surface area contributed by atoms with Crippen molar-refractivity contribution in [3.05, 3.63) is 35.9 Å². The largest absolute Gasteiger partial charge is 0.329 e. The third-order valence-corrected chi connectivity index (χ3v) is 4.62. The summed E-state index contributed by atoms with van der Waals surface area (Å²) < 4.78 is 0. The van der Waals surface area contributed by atoms with Gasteiger partial charge in [-0.05, 0) is 50.3 Å². The highest BCUT2D eigenvalue weighted by Gasteiger charge is 2.23. The van der Waals surface area contributed by atoms with E-state index in [9.17, 15) is 0 Å². The lowest BCUT2D eigenvalue weighted by molar-refractivity contribution is 0.128. The van der Waals surface area contributed by atoms with Crippen LogP contribution in [0, 0.1) is 5.92 Å². The molecule has 1 aromatic carbocycles. The maximum atomic E-state index is 5.99. The first-order chi connectivity index (χ1) is 9.33. The van der Waals surface area contributed by atoms with Crippen LogP contribution in [0.1, 0.15) is 38.2 Å². The van der Waals surface area contributed by atoms with E-state index >= 15 is 0 Å². The zero-order valence-electron chi connectivity index (χ0n) is 12.2. The molecule has 2 nitrogen and oxygen atoms in total. The van der Waals surface area contributed by atoms with Crippen molar-refractivity contribution in [2.75, 3.05) is 19.6 Å². The van der Waals surface area contributed by atoms with Gasteiger partial charge in [-0.2, -0.15) is 0 Å². The molecule has 0 bridgehead atoms. The molecule has 1 heterocycles. The lowest BCUT2D eigenvalue weighted by Crippen LogP contribution is -2.45. The Labute approximate surface area is 118 Å². The first kappa shape index (κ1) is 14.5. The first-order valence-corrected chi connectivity index (χ1v) is 7.81. The van der Waals surface area contributed by atoms with E-state index in [-0.39, 0.29) is 0 Å². The van der Waals surface area contributed by atoms with Crippen molar-refractivity contribution in [3.63, 3.8) is 0 Å². The van der Waals surface area contributed by atoms with Crippen LogP contribution in [0.2, 0.25) is 0 Å². The highest BCUT2D eigenvalue weighted by molar-refractivity contribution is 5.14. The predicted molar refractivity (Wildman–Crippen MR) is 82.2 cm³/mol. The number of rotatable bonds is 6. The smallest absolute Gasteiger partial charge is 0.0221 e. The molecule has 1 unspecified atom stereocenters. The van der Waals surface area contributed by atoms with Crippen LogP contribution in [0.25, 0.3) is 0 Å². The van der Waals surface area contributed by atoms with Crippen molar-refractivity contribution in [3.8, 4) is 0 Å². The molecule has 1 saturated heterocycles. The van der Waals surface area contributed by atoms with Gasteiger partial charge in [0.2, 0.25) is 0 Å². The van der Waals surface area contributed by atoms with E-state index in [1.54, 1.807) is 0 Å². The van der Waals surface area contributed by atoms with Gasteiger partial charge in [-0.25, -0.2) is 0 Å². The molecule has 106 valence electrons. The lowest BCUT2D eigenvalue weighted by Gasteiger charge is -2.37. The fourth-order valence-electron chi connectivity index (χ4n) is 3.15. The normalized spacial score (nSPS) is 19.5. The Balaban J connectivity index is 1.80. The number of hydrogen-bond acceptors (Lipinski definition) is 2. The number of hydrogen-bond donors (Lipinski definition) is 1. The fraction of sp³-hybridized carbons (Fsp3) is 0.647. The molecule has 1 aliphatic heterocycles. The van der Waals surface area contributed by atoms with E-state index in [0.717, 1.165) is 18.9 Å². The molecule has 0 aliphatic carbocycles. The minimum Gasteiger partial charge on any atom is -0.329 e. The van der Waals surface area contributed by atoms with E-state index < -0.39 is 0 Å². The van der Waals surface area contributed by atoms with E-state index in [2.05, 4.69) is 42.2 Å². The SMILES string of the molecule is CCC1CCN(C(CN)CCc2ccccc2)CC1. The molecule has 0 aromatic heterocycles. The van der Waals surface area contributed by atoms with Gasteiger partial charge in [-0.1, -0.05) is 43.7 Å². The quantitative estimate of drug-likeness (QED) is 0.851. The number of piperidine rings is 1. The van der Waals surface area contributed by atoms with E-state index in [1.807, 2.05) is 0 Å². The summed E-state index contributed by atoms with van der Waals surface area (Å²) in [5, 5.41) is 0.